The molecule has 1 amide bonds. The Labute approximate surface area is 108 Å². The summed E-state index contributed by atoms with van der Waals surface area (Å²) in [6.07, 6.45) is 0.829. The number of nitrogens with zero attached hydrogens (tertiary/aromatic N) is 1. The number of carbonyl (C=O) groups is 1. The standard InChI is InChI=1S/C14H20N2O2/c1-9(15)6-12-4-5-14-13(7-12)16(11(3)17)8-10(2)18-14/h4-5,7,9-10H,6,8,15H2,1-3H3. The highest BCUT2D eigenvalue weighted by Gasteiger charge is 2.25. The molecule has 2 unspecified atom stereocenters. The van der Waals surface area contributed by atoms with Crippen LogP contribution in [0.25, 0.3) is 0 Å². The summed E-state index contributed by atoms with van der Waals surface area (Å²) < 4.78 is 5.75. The zero-order valence-corrected chi connectivity index (χ0v) is 11.1. The van der Waals surface area contributed by atoms with Gasteiger partial charge in [0.2, 0.25) is 5.91 Å². The molecule has 1 aromatic carbocycles. The number of ether oxygens (including phenoxy) is 1. The van der Waals surface area contributed by atoms with Crippen LogP contribution in [0.15, 0.2) is 18.2 Å². The quantitative estimate of drug-likeness (QED) is 0.867. The van der Waals surface area contributed by atoms with Gasteiger partial charge in [-0.1, -0.05) is 6.07 Å². The third-order valence-electron chi connectivity index (χ3n) is 3.02. The summed E-state index contributed by atoms with van der Waals surface area (Å²) in [7, 11) is 0. The van der Waals surface area contributed by atoms with Gasteiger partial charge in [-0.05, 0) is 38.0 Å². The predicted molar refractivity (Wildman–Crippen MR) is 71.9 cm³/mol. The second-order valence-corrected chi connectivity index (χ2v) is 5.04. The summed E-state index contributed by atoms with van der Waals surface area (Å²) in [6, 6.07) is 6.06. The fraction of sp³-hybridized carbons (Fsp3) is 0.500. The normalized spacial score (nSPS) is 20.0. The summed E-state index contributed by atoms with van der Waals surface area (Å²) >= 11 is 0. The molecule has 4 heteroatoms. The molecular weight excluding hydrogens is 228 g/mol. The van der Waals surface area contributed by atoms with Crippen molar-refractivity contribution in [2.45, 2.75) is 39.3 Å². The van der Waals surface area contributed by atoms with E-state index in [0.717, 1.165) is 23.4 Å². The molecule has 2 N–H and O–H groups in total. The summed E-state index contributed by atoms with van der Waals surface area (Å²) in [6.45, 7) is 6.12. The van der Waals surface area contributed by atoms with Crippen LogP contribution in [0.4, 0.5) is 5.69 Å². The average molecular weight is 248 g/mol. The first-order chi connectivity index (χ1) is 8.47. The van der Waals surface area contributed by atoms with Gasteiger partial charge in [0.25, 0.3) is 0 Å². The molecule has 0 bridgehead atoms. The predicted octanol–water partition coefficient (Wildman–Crippen LogP) is 1.71. The molecule has 0 saturated heterocycles. The molecule has 1 aliphatic heterocycles. The van der Waals surface area contributed by atoms with Crippen molar-refractivity contribution in [3.8, 4) is 5.75 Å². The van der Waals surface area contributed by atoms with E-state index in [0.29, 0.717) is 6.54 Å². The molecule has 0 aliphatic carbocycles. The first-order valence-electron chi connectivity index (χ1n) is 6.30. The number of hydrogen-bond donors (Lipinski definition) is 1. The number of fused-ring (bicyclic) bond motifs is 1. The van der Waals surface area contributed by atoms with Crippen molar-refractivity contribution in [2.75, 3.05) is 11.4 Å². The molecular formula is C14H20N2O2. The van der Waals surface area contributed by atoms with Crippen LogP contribution < -0.4 is 15.4 Å². The van der Waals surface area contributed by atoms with E-state index >= 15 is 0 Å². The largest absolute Gasteiger partial charge is 0.487 e. The fourth-order valence-electron chi connectivity index (χ4n) is 2.28. The third-order valence-corrected chi connectivity index (χ3v) is 3.02. The van der Waals surface area contributed by atoms with E-state index in [1.54, 1.807) is 11.8 Å². The SMILES string of the molecule is CC(=O)N1CC(C)Oc2ccc(CC(C)N)cc21. The third kappa shape index (κ3) is 2.64. The van der Waals surface area contributed by atoms with Gasteiger partial charge >= 0.3 is 0 Å². The van der Waals surface area contributed by atoms with Gasteiger partial charge in [-0.3, -0.25) is 4.79 Å². The van der Waals surface area contributed by atoms with Crippen molar-refractivity contribution in [2.24, 2.45) is 5.73 Å². The highest BCUT2D eigenvalue weighted by atomic mass is 16.5. The monoisotopic (exact) mass is 248 g/mol. The van der Waals surface area contributed by atoms with Gasteiger partial charge in [-0.15, -0.1) is 0 Å². The highest BCUT2D eigenvalue weighted by molar-refractivity contribution is 5.93. The van der Waals surface area contributed by atoms with Gasteiger partial charge in [0.15, 0.2) is 0 Å². The van der Waals surface area contributed by atoms with E-state index in [1.165, 1.54) is 0 Å². The number of hydrogen-bond acceptors (Lipinski definition) is 3. The van der Waals surface area contributed by atoms with E-state index in [-0.39, 0.29) is 18.1 Å². The Morgan fingerprint density at radius 1 is 1.61 bits per heavy atom. The molecule has 18 heavy (non-hydrogen) atoms. The van der Waals surface area contributed by atoms with Crippen LogP contribution in [0.5, 0.6) is 5.75 Å². The van der Waals surface area contributed by atoms with Gasteiger partial charge in [0.1, 0.15) is 11.9 Å². The zero-order chi connectivity index (χ0) is 13.3. The van der Waals surface area contributed by atoms with Gasteiger partial charge in [0, 0.05) is 13.0 Å². The van der Waals surface area contributed by atoms with E-state index in [1.807, 2.05) is 32.0 Å². The molecule has 1 aliphatic rings. The second kappa shape index (κ2) is 4.98. The molecule has 0 radical (unpaired) electrons. The van der Waals surface area contributed by atoms with Crippen molar-refractivity contribution < 1.29 is 9.53 Å². The smallest absolute Gasteiger partial charge is 0.224 e. The summed E-state index contributed by atoms with van der Waals surface area (Å²) in [5.74, 6) is 0.821. The Morgan fingerprint density at radius 2 is 2.33 bits per heavy atom. The number of nitrogens with two attached hydrogens (primary N) is 1. The molecule has 98 valence electrons. The minimum atomic E-state index is 0.0284. The lowest BCUT2D eigenvalue weighted by molar-refractivity contribution is -0.117. The summed E-state index contributed by atoms with van der Waals surface area (Å²) in [4.78, 5) is 13.5. The molecule has 2 rings (SSSR count). The number of amides is 1. The molecule has 0 spiro atoms. The number of benzene rings is 1. The van der Waals surface area contributed by atoms with E-state index in [9.17, 15) is 4.79 Å². The highest BCUT2D eigenvalue weighted by Crippen LogP contribution is 2.34. The Hall–Kier alpha value is -1.55. The first-order valence-corrected chi connectivity index (χ1v) is 6.30. The lowest BCUT2D eigenvalue weighted by Gasteiger charge is -2.33. The van der Waals surface area contributed by atoms with Crippen LogP contribution >= 0.6 is 0 Å². The van der Waals surface area contributed by atoms with Crippen molar-refractivity contribution in [3.05, 3.63) is 23.8 Å². The lowest BCUT2D eigenvalue weighted by atomic mass is 10.0. The topological polar surface area (TPSA) is 55.6 Å². The van der Waals surface area contributed by atoms with Crippen molar-refractivity contribution in [1.82, 2.24) is 0 Å². The van der Waals surface area contributed by atoms with Gasteiger partial charge in [-0.25, -0.2) is 0 Å². The Bertz CT molecular complexity index is 457. The van der Waals surface area contributed by atoms with Gasteiger partial charge in [-0.2, -0.15) is 0 Å². The number of carbonyl (C=O) groups excluding carboxylic acids is 1. The maximum Gasteiger partial charge on any atom is 0.224 e. The molecule has 0 saturated carbocycles. The first kappa shape index (κ1) is 12.9. The van der Waals surface area contributed by atoms with Crippen LogP contribution in [0.2, 0.25) is 0 Å². The molecule has 1 aromatic rings. The molecule has 1 heterocycles. The van der Waals surface area contributed by atoms with E-state index < -0.39 is 0 Å². The van der Waals surface area contributed by atoms with E-state index in [2.05, 4.69) is 0 Å². The Kier molecular flexibility index (Phi) is 3.57. The molecule has 0 aromatic heterocycles. The second-order valence-electron chi connectivity index (χ2n) is 5.04. The van der Waals surface area contributed by atoms with Crippen LogP contribution in [0.1, 0.15) is 26.3 Å². The van der Waals surface area contributed by atoms with Crippen molar-refractivity contribution in [3.63, 3.8) is 0 Å². The summed E-state index contributed by atoms with van der Waals surface area (Å²) in [5, 5.41) is 0. The van der Waals surface area contributed by atoms with Crippen LogP contribution in [0.3, 0.4) is 0 Å². The molecule has 2 atom stereocenters. The van der Waals surface area contributed by atoms with Gasteiger partial charge in [0.05, 0.1) is 12.2 Å². The van der Waals surface area contributed by atoms with E-state index in [4.69, 9.17) is 10.5 Å². The number of anilines is 1. The average Bonchev–Trinajstić information content (AvgIpc) is 2.27. The maximum absolute atomic E-state index is 11.7. The fourth-order valence-corrected chi connectivity index (χ4v) is 2.28. The minimum absolute atomic E-state index is 0.0284. The minimum Gasteiger partial charge on any atom is -0.487 e. The Morgan fingerprint density at radius 3 is 2.94 bits per heavy atom. The zero-order valence-electron chi connectivity index (χ0n) is 11.1. The van der Waals surface area contributed by atoms with Crippen molar-refractivity contribution >= 4 is 11.6 Å². The van der Waals surface area contributed by atoms with Crippen LogP contribution in [-0.4, -0.2) is 24.6 Å². The molecule has 4 nitrogen and oxygen atoms in total. The van der Waals surface area contributed by atoms with Crippen LogP contribution in [0, 0.1) is 0 Å². The lowest BCUT2D eigenvalue weighted by Crippen LogP contribution is -2.41. The van der Waals surface area contributed by atoms with Crippen LogP contribution in [-0.2, 0) is 11.2 Å². The number of rotatable bonds is 2. The van der Waals surface area contributed by atoms with Crippen molar-refractivity contribution in [1.29, 1.82) is 0 Å². The summed E-state index contributed by atoms with van der Waals surface area (Å²) in [5.41, 5.74) is 7.80. The Balaban J connectivity index is 2.36. The van der Waals surface area contributed by atoms with Gasteiger partial charge < -0.3 is 15.4 Å². The maximum atomic E-state index is 11.7. The molecule has 0 fully saturated rings.